The third-order valence-electron chi connectivity index (χ3n) is 3.43. The van der Waals surface area contributed by atoms with E-state index in [1.54, 1.807) is 0 Å². The molecule has 2 heteroatoms. The van der Waals surface area contributed by atoms with Crippen LogP contribution in [0.25, 0.3) is 5.52 Å². The van der Waals surface area contributed by atoms with Crippen LogP contribution in [-0.4, -0.2) is 16.1 Å². The van der Waals surface area contributed by atoms with Crippen LogP contribution in [0, 0.1) is 5.92 Å². The maximum Gasteiger partial charge on any atom is 0.0462 e. The number of nitrogens with zero attached hydrogens (tertiary/aromatic N) is 1. The van der Waals surface area contributed by atoms with Crippen molar-refractivity contribution >= 4 is 5.52 Å². The summed E-state index contributed by atoms with van der Waals surface area (Å²) in [4.78, 5) is 0. The molecule has 0 bridgehead atoms. The summed E-state index contributed by atoms with van der Waals surface area (Å²) in [5, 5.41) is 9.18. The highest BCUT2D eigenvalue weighted by Gasteiger charge is 2.20. The zero-order chi connectivity index (χ0) is 10.3. The van der Waals surface area contributed by atoms with Crippen LogP contribution < -0.4 is 0 Å². The molecule has 78 valence electrons. The van der Waals surface area contributed by atoms with E-state index in [1.165, 1.54) is 16.8 Å². The molecule has 0 aromatic carbocycles. The van der Waals surface area contributed by atoms with Crippen molar-refractivity contribution in [1.29, 1.82) is 0 Å². The summed E-state index contributed by atoms with van der Waals surface area (Å²) in [7, 11) is 0. The van der Waals surface area contributed by atoms with Crippen LogP contribution >= 0.6 is 0 Å². The first-order valence-electron chi connectivity index (χ1n) is 5.57. The molecule has 2 nitrogen and oxygen atoms in total. The predicted molar refractivity (Wildman–Crippen MR) is 60.0 cm³/mol. The molecule has 0 amide bonds. The second-order valence-electron chi connectivity index (χ2n) is 4.40. The van der Waals surface area contributed by atoms with E-state index in [0.717, 1.165) is 19.3 Å². The maximum atomic E-state index is 9.18. The van der Waals surface area contributed by atoms with Crippen LogP contribution in [0.3, 0.4) is 0 Å². The first-order chi connectivity index (χ1) is 7.38. The second-order valence-corrected chi connectivity index (χ2v) is 4.40. The molecule has 0 spiro atoms. The van der Waals surface area contributed by atoms with Gasteiger partial charge in [-0.1, -0.05) is 6.07 Å². The Kier molecular flexibility index (Phi) is 2.03. The summed E-state index contributed by atoms with van der Waals surface area (Å²) in [6.07, 6.45) is 5.38. The molecule has 2 aromatic heterocycles. The quantitative estimate of drug-likeness (QED) is 0.750. The Bertz CT molecular complexity index is 486. The summed E-state index contributed by atoms with van der Waals surface area (Å²) in [6, 6.07) is 8.55. The Hall–Kier alpha value is -1.28. The highest BCUT2D eigenvalue weighted by atomic mass is 16.3. The van der Waals surface area contributed by atoms with Crippen LogP contribution in [0.4, 0.5) is 0 Å². The van der Waals surface area contributed by atoms with E-state index >= 15 is 0 Å². The largest absolute Gasteiger partial charge is 0.396 e. The molecular formula is C13H15NO. The molecule has 3 rings (SSSR count). The Balaban J connectivity index is 2.12. The van der Waals surface area contributed by atoms with Crippen LogP contribution in [0.15, 0.2) is 30.5 Å². The SMILES string of the molecule is OCC1CCc2c(cc3ccccn23)C1. The zero-order valence-corrected chi connectivity index (χ0v) is 8.69. The monoisotopic (exact) mass is 201 g/mol. The number of aliphatic hydroxyl groups is 1. The van der Waals surface area contributed by atoms with Crippen molar-refractivity contribution in [3.8, 4) is 0 Å². The fourth-order valence-electron chi connectivity index (χ4n) is 2.60. The van der Waals surface area contributed by atoms with E-state index in [2.05, 4.69) is 34.9 Å². The van der Waals surface area contributed by atoms with E-state index in [1.807, 2.05) is 0 Å². The molecule has 2 aromatic rings. The molecular weight excluding hydrogens is 186 g/mol. The predicted octanol–water partition coefficient (Wildman–Crippen LogP) is 2.04. The Morgan fingerprint density at radius 3 is 3.20 bits per heavy atom. The average Bonchev–Trinajstić information content (AvgIpc) is 2.66. The topological polar surface area (TPSA) is 24.6 Å². The lowest BCUT2D eigenvalue weighted by molar-refractivity contribution is 0.213. The van der Waals surface area contributed by atoms with Gasteiger partial charge in [-0.15, -0.1) is 0 Å². The van der Waals surface area contributed by atoms with Gasteiger partial charge in [0, 0.05) is 24.0 Å². The molecule has 1 atom stereocenters. The van der Waals surface area contributed by atoms with Crippen molar-refractivity contribution in [2.24, 2.45) is 5.92 Å². The molecule has 1 unspecified atom stereocenters. The fraction of sp³-hybridized carbons (Fsp3) is 0.385. The number of aryl methyl sites for hydroxylation is 1. The number of fused-ring (bicyclic) bond motifs is 3. The third kappa shape index (κ3) is 1.37. The summed E-state index contributed by atoms with van der Waals surface area (Å²) in [5.41, 5.74) is 4.14. The van der Waals surface area contributed by atoms with E-state index in [9.17, 15) is 5.11 Å². The molecule has 0 fully saturated rings. The second kappa shape index (κ2) is 3.38. The van der Waals surface area contributed by atoms with Gasteiger partial charge < -0.3 is 9.51 Å². The van der Waals surface area contributed by atoms with Gasteiger partial charge in [0.15, 0.2) is 0 Å². The molecule has 15 heavy (non-hydrogen) atoms. The average molecular weight is 201 g/mol. The molecule has 0 saturated heterocycles. The Morgan fingerprint density at radius 1 is 1.40 bits per heavy atom. The number of rotatable bonds is 1. The van der Waals surface area contributed by atoms with Crippen molar-refractivity contribution in [2.75, 3.05) is 6.61 Å². The summed E-state index contributed by atoms with van der Waals surface area (Å²) in [5.74, 6) is 0.468. The first-order valence-corrected chi connectivity index (χ1v) is 5.57. The van der Waals surface area contributed by atoms with Gasteiger partial charge >= 0.3 is 0 Å². The lowest BCUT2D eigenvalue weighted by atomic mass is 9.88. The number of hydrogen-bond donors (Lipinski definition) is 1. The van der Waals surface area contributed by atoms with Crippen molar-refractivity contribution in [1.82, 2.24) is 4.40 Å². The van der Waals surface area contributed by atoms with Gasteiger partial charge in [0.25, 0.3) is 0 Å². The standard InChI is InChI=1S/C13H15NO/c15-9-10-4-5-13-11(7-10)8-12-3-1-2-6-14(12)13/h1-3,6,8,10,15H,4-5,7,9H2. The highest BCUT2D eigenvalue weighted by molar-refractivity contribution is 5.54. The van der Waals surface area contributed by atoms with Gasteiger partial charge in [0.2, 0.25) is 0 Å². The lowest BCUT2D eigenvalue weighted by Crippen LogP contribution is -2.17. The zero-order valence-electron chi connectivity index (χ0n) is 8.69. The van der Waals surface area contributed by atoms with Crippen molar-refractivity contribution < 1.29 is 5.11 Å². The highest BCUT2D eigenvalue weighted by Crippen LogP contribution is 2.28. The molecule has 2 heterocycles. The minimum absolute atomic E-state index is 0.325. The lowest BCUT2D eigenvalue weighted by Gasteiger charge is -2.20. The fourth-order valence-corrected chi connectivity index (χ4v) is 2.60. The van der Waals surface area contributed by atoms with Gasteiger partial charge in [-0.2, -0.15) is 0 Å². The van der Waals surface area contributed by atoms with E-state index in [0.29, 0.717) is 12.5 Å². The van der Waals surface area contributed by atoms with Gasteiger partial charge in [-0.05, 0) is 48.9 Å². The Labute approximate surface area is 89.2 Å². The van der Waals surface area contributed by atoms with E-state index < -0.39 is 0 Å². The van der Waals surface area contributed by atoms with Gasteiger partial charge in [-0.3, -0.25) is 0 Å². The number of aromatic nitrogens is 1. The summed E-state index contributed by atoms with van der Waals surface area (Å²) < 4.78 is 2.28. The third-order valence-corrected chi connectivity index (χ3v) is 3.43. The minimum Gasteiger partial charge on any atom is -0.396 e. The van der Waals surface area contributed by atoms with Gasteiger partial charge in [-0.25, -0.2) is 0 Å². The number of aliphatic hydroxyl groups excluding tert-OH is 1. The van der Waals surface area contributed by atoms with Crippen molar-refractivity contribution in [3.05, 3.63) is 41.7 Å². The van der Waals surface area contributed by atoms with Crippen LogP contribution in [0.1, 0.15) is 17.7 Å². The maximum absolute atomic E-state index is 9.18. The molecule has 1 aliphatic rings. The smallest absolute Gasteiger partial charge is 0.0462 e. The Morgan fingerprint density at radius 2 is 2.33 bits per heavy atom. The van der Waals surface area contributed by atoms with Crippen molar-refractivity contribution in [3.63, 3.8) is 0 Å². The molecule has 0 aliphatic heterocycles. The number of hydrogen-bond acceptors (Lipinski definition) is 1. The molecule has 1 aliphatic carbocycles. The van der Waals surface area contributed by atoms with Crippen LogP contribution in [0.2, 0.25) is 0 Å². The summed E-state index contributed by atoms with van der Waals surface area (Å²) >= 11 is 0. The van der Waals surface area contributed by atoms with Gasteiger partial charge in [0.1, 0.15) is 0 Å². The van der Waals surface area contributed by atoms with E-state index in [-0.39, 0.29) is 0 Å². The minimum atomic E-state index is 0.325. The summed E-state index contributed by atoms with van der Waals surface area (Å²) in [6.45, 7) is 0.325. The van der Waals surface area contributed by atoms with Gasteiger partial charge in [0.05, 0.1) is 0 Å². The van der Waals surface area contributed by atoms with E-state index in [4.69, 9.17) is 0 Å². The first kappa shape index (κ1) is 8.98. The normalized spacial score (nSPS) is 20.5. The molecule has 0 radical (unpaired) electrons. The van der Waals surface area contributed by atoms with Crippen LogP contribution in [-0.2, 0) is 12.8 Å². The van der Waals surface area contributed by atoms with Crippen LogP contribution in [0.5, 0.6) is 0 Å². The van der Waals surface area contributed by atoms with Crippen molar-refractivity contribution in [2.45, 2.75) is 19.3 Å². The molecule has 1 N–H and O–H groups in total. The molecule has 0 saturated carbocycles. The number of pyridine rings is 1.